The van der Waals surface area contributed by atoms with Gasteiger partial charge >= 0.3 is 0 Å². The molecule has 0 bridgehead atoms. The summed E-state index contributed by atoms with van der Waals surface area (Å²) >= 11 is 0. The van der Waals surface area contributed by atoms with Crippen LogP contribution in [-0.2, 0) is 6.42 Å². The maximum Gasteiger partial charge on any atom is 0.251 e. The van der Waals surface area contributed by atoms with Crippen LogP contribution in [0.4, 0.5) is 15.9 Å². The van der Waals surface area contributed by atoms with E-state index >= 15 is 0 Å². The summed E-state index contributed by atoms with van der Waals surface area (Å²) in [6, 6.07) is 10.0. The molecular formula is C22H24FN5O2. The number of halogens is 1. The maximum atomic E-state index is 13.5. The van der Waals surface area contributed by atoms with Crippen LogP contribution < -0.4 is 20.1 Å². The number of rotatable bonds is 5. The number of aryl methyl sites for hydroxylation is 1. The molecule has 3 heterocycles. The second-order valence-electron chi connectivity index (χ2n) is 7.13. The molecule has 0 amide bonds. The van der Waals surface area contributed by atoms with Crippen LogP contribution in [-0.4, -0.2) is 48.2 Å². The van der Waals surface area contributed by atoms with Gasteiger partial charge in [-0.25, -0.2) is 14.4 Å². The highest BCUT2D eigenvalue weighted by Crippen LogP contribution is 2.30. The summed E-state index contributed by atoms with van der Waals surface area (Å²) in [6.07, 6.45) is 2.44. The summed E-state index contributed by atoms with van der Waals surface area (Å²) in [7, 11) is 1.55. The van der Waals surface area contributed by atoms with Crippen LogP contribution >= 0.6 is 0 Å². The molecule has 1 aromatic carbocycles. The van der Waals surface area contributed by atoms with Crippen LogP contribution in [0.2, 0.25) is 0 Å². The third-order valence-electron chi connectivity index (χ3n) is 5.26. The van der Waals surface area contributed by atoms with Crippen LogP contribution in [0.25, 0.3) is 11.4 Å². The highest BCUT2D eigenvalue weighted by Gasteiger charge is 2.21. The Balaban J connectivity index is 1.46. The smallest absolute Gasteiger partial charge is 0.251 e. The van der Waals surface area contributed by atoms with Crippen molar-refractivity contribution >= 4 is 11.5 Å². The maximum absolute atomic E-state index is 13.5. The minimum absolute atomic E-state index is 0.159. The van der Waals surface area contributed by atoms with Crippen LogP contribution in [0.5, 0.6) is 5.75 Å². The molecule has 2 aromatic heterocycles. The number of H-pyrrole nitrogens is 1. The summed E-state index contributed by atoms with van der Waals surface area (Å²) in [5.74, 6) is 1.64. The second-order valence-corrected chi connectivity index (χ2v) is 7.13. The molecule has 0 radical (unpaired) electrons. The first-order valence-corrected chi connectivity index (χ1v) is 9.97. The molecule has 3 aromatic rings. The average Bonchev–Trinajstić information content (AvgIpc) is 2.79. The first-order valence-electron chi connectivity index (χ1n) is 9.97. The normalized spacial score (nSPS) is 14.1. The Morgan fingerprint density at radius 1 is 1.10 bits per heavy atom. The van der Waals surface area contributed by atoms with Crippen molar-refractivity contribution in [1.82, 2.24) is 15.0 Å². The Morgan fingerprint density at radius 3 is 2.53 bits per heavy atom. The van der Waals surface area contributed by atoms with Gasteiger partial charge in [-0.15, -0.1) is 0 Å². The van der Waals surface area contributed by atoms with Gasteiger partial charge in [-0.05, 0) is 30.7 Å². The molecule has 4 rings (SSSR count). The number of methoxy groups -OCH3 is 1. The molecule has 1 N–H and O–H groups in total. The Hall–Kier alpha value is -3.42. The van der Waals surface area contributed by atoms with E-state index in [0.29, 0.717) is 18.0 Å². The van der Waals surface area contributed by atoms with E-state index in [4.69, 9.17) is 4.74 Å². The summed E-state index contributed by atoms with van der Waals surface area (Å²) in [5.41, 5.74) is 2.27. The molecule has 0 aliphatic carbocycles. The number of nitrogens with zero attached hydrogens (tertiary/aromatic N) is 4. The van der Waals surface area contributed by atoms with Gasteiger partial charge in [0, 0.05) is 55.8 Å². The minimum atomic E-state index is -0.307. The van der Waals surface area contributed by atoms with Crippen molar-refractivity contribution in [2.24, 2.45) is 0 Å². The fourth-order valence-electron chi connectivity index (χ4n) is 3.63. The lowest BCUT2D eigenvalue weighted by Crippen LogP contribution is -2.46. The molecule has 8 heteroatoms. The van der Waals surface area contributed by atoms with E-state index < -0.39 is 0 Å². The molecule has 0 saturated carbocycles. The minimum Gasteiger partial charge on any atom is -0.494 e. The van der Waals surface area contributed by atoms with Gasteiger partial charge in [-0.2, -0.15) is 0 Å². The van der Waals surface area contributed by atoms with E-state index in [9.17, 15) is 9.18 Å². The SMILES string of the molecule is CCc1cc(=O)[nH]c(-c2ccc(N3CCN(c4ccc(F)cc4OC)CC3)nc2)n1. The van der Waals surface area contributed by atoms with E-state index in [1.165, 1.54) is 18.2 Å². The van der Waals surface area contributed by atoms with E-state index in [1.807, 2.05) is 19.1 Å². The standard InChI is InChI=1S/C22H24FN5O2/c1-3-17-13-21(29)26-22(25-17)15-4-7-20(24-14-15)28-10-8-27(9-11-28)18-6-5-16(23)12-19(18)30-2/h4-7,12-14H,3,8-11H2,1-2H3,(H,25,26,29). The number of ether oxygens (including phenoxy) is 1. The Morgan fingerprint density at radius 2 is 1.87 bits per heavy atom. The monoisotopic (exact) mass is 409 g/mol. The number of anilines is 2. The average molecular weight is 409 g/mol. The third-order valence-corrected chi connectivity index (χ3v) is 5.26. The Bertz CT molecular complexity index is 1080. The summed E-state index contributed by atoms with van der Waals surface area (Å²) in [5, 5.41) is 0. The van der Waals surface area contributed by atoms with Gasteiger partial charge in [0.15, 0.2) is 0 Å². The first-order chi connectivity index (χ1) is 14.6. The lowest BCUT2D eigenvalue weighted by Gasteiger charge is -2.37. The van der Waals surface area contributed by atoms with Crippen molar-refractivity contribution in [2.75, 3.05) is 43.1 Å². The fraction of sp³-hybridized carbons (Fsp3) is 0.318. The molecule has 1 aliphatic heterocycles. The molecule has 156 valence electrons. The number of nitrogens with one attached hydrogen (secondary N) is 1. The van der Waals surface area contributed by atoms with E-state index in [1.54, 1.807) is 19.4 Å². The summed E-state index contributed by atoms with van der Waals surface area (Å²) in [4.78, 5) is 28.0. The molecule has 1 fully saturated rings. The molecule has 1 aliphatic rings. The molecule has 7 nitrogen and oxygen atoms in total. The highest BCUT2D eigenvalue weighted by atomic mass is 19.1. The van der Waals surface area contributed by atoms with Crippen LogP contribution in [0.15, 0.2) is 47.4 Å². The van der Waals surface area contributed by atoms with Crippen molar-refractivity contribution in [3.63, 3.8) is 0 Å². The van der Waals surface area contributed by atoms with Crippen molar-refractivity contribution in [3.8, 4) is 17.1 Å². The predicted octanol–water partition coefficient (Wildman–Crippen LogP) is 2.87. The third kappa shape index (κ3) is 4.12. The zero-order valence-electron chi connectivity index (χ0n) is 17.1. The van der Waals surface area contributed by atoms with Crippen LogP contribution in [0, 0.1) is 5.82 Å². The fourth-order valence-corrected chi connectivity index (χ4v) is 3.63. The molecule has 0 spiro atoms. The van der Waals surface area contributed by atoms with Gasteiger partial charge in [-0.3, -0.25) is 4.79 Å². The number of aromatic nitrogens is 3. The molecule has 0 unspecified atom stereocenters. The van der Waals surface area contributed by atoms with Crippen LogP contribution in [0.1, 0.15) is 12.6 Å². The molecule has 0 atom stereocenters. The number of hydrogen-bond acceptors (Lipinski definition) is 6. The van der Waals surface area contributed by atoms with Gasteiger partial charge in [0.2, 0.25) is 0 Å². The molecular weight excluding hydrogens is 385 g/mol. The quantitative estimate of drug-likeness (QED) is 0.699. The number of benzene rings is 1. The lowest BCUT2D eigenvalue weighted by atomic mass is 10.2. The zero-order chi connectivity index (χ0) is 21.1. The van der Waals surface area contributed by atoms with Gasteiger partial charge < -0.3 is 19.5 Å². The Labute approximate surface area is 174 Å². The summed E-state index contributed by atoms with van der Waals surface area (Å²) < 4.78 is 18.8. The van der Waals surface area contributed by atoms with Crippen molar-refractivity contribution in [1.29, 1.82) is 0 Å². The highest BCUT2D eigenvalue weighted by molar-refractivity contribution is 5.60. The van der Waals surface area contributed by atoms with Crippen molar-refractivity contribution in [3.05, 3.63) is 64.5 Å². The molecule has 1 saturated heterocycles. The van der Waals surface area contributed by atoms with Gasteiger partial charge in [0.05, 0.1) is 12.8 Å². The second kappa shape index (κ2) is 8.52. The van der Waals surface area contributed by atoms with E-state index in [0.717, 1.165) is 48.9 Å². The van der Waals surface area contributed by atoms with E-state index in [2.05, 4.69) is 24.8 Å². The first kappa shape index (κ1) is 19.9. The number of hydrogen-bond donors (Lipinski definition) is 1. The van der Waals surface area contributed by atoms with Crippen molar-refractivity contribution < 1.29 is 9.13 Å². The predicted molar refractivity (Wildman–Crippen MR) is 115 cm³/mol. The Kier molecular flexibility index (Phi) is 5.65. The number of piperazine rings is 1. The number of pyridine rings is 1. The molecule has 30 heavy (non-hydrogen) atoms. The lowest BCUT2D eigenvalue weighted by molar-refractivity contribution is 0.410. The van der Waals surface area contributed by atoms with Crippen molar-refractivity contribution in [2.45, 2.75) is 13.3 Å². The largest absolute Gasteiger partial charge is 0.494 e. The zero-order valence-corrected chi connectivity index (χ0v) is 17.1. The van der Waals surface area contributed by atoms with Gasteiger partial charge in [0.1, 0.15) is 23.2 Å². The van der Waals surface area contributed by atoms with Gasteiger partial charge in [-0.1, -0.05) is 6.92 Å². The topological polar surface area (TPSA) is 74.4 Å². The van der Waals surface area contributed by atoms with Gasteiger partial charge in [0.25, 0.3) is 5.56 Å². The summed E-state index contributed by atoms with van der Waals surface area (Å²) in [6.45, 7) is 5.09. The van der Waals surface area contributed by atoms with Crippen LogP contribution in [0.3, 0.4) is 0 Å². The van der Waals surface area contributed by atoms with E-state index in [-0.39, 0.29) is 11.4 Å². The number of aromatic amines is 1.